The minimum absolute atomic E-state index is 0.00262. The highest BCUT2D eigenvalue weighted by molar-refractivity contribution is 5.87. The van der Waals surface area contributed by atoms with Crippen LogP contribution in [0.4, 0.5) is 0 Å². The van der Waals surface area contributed by atoms with E-state index >= 15 is 0 Å². The number of rotatable bonds is 6. The predicted molar refractivity (Wildman–Crippen MR) is 130 cm³/mol. The maximum Gasteiger partial charge on any atom is 0.318 e. The normalized spacial score (nSPS) is 12.1. The molecule has 0 saturated heterocycles. The molecule has 0 fully saturated rings. The Bertz CT molecular complexity index is 1300. The van der Waals surface area contributed by atoms with Crippen molar-refractivity contribution < 1.29 is 24.5 Å². The number of phenols is 2. The van der Waals surface area contributed by atoms with Gasteiger partial charge in [0.05, 0.1) is 13.0 Å². The quantitative estimate of drug-likeness (QED) is 0.214. The van der Waals surface area contributed by atoms with E-state index < -0.39 is 5.92 Å². The molecule has 4 aromatic rings. The highest BCUT2D eigenvalue weighted by atomic mass is 16.5. The third-order valence-electron chi connectivity index (χ3n) is 5.42. The lowest BCUT2D eigenvalue weighted by Crippen LogP contribution is -2.16. The van der Waals surface area contributed by atoms with Crippen LogP contribution in [-0.4, -0.2) is 23.3 Å². The molecule has 5 nitrogen and oxygen atoms in total. The fraction of sp³-hybridized carbons (Fsp3) is 0.107. The molecule has 0 amide bonds. The SMILES string of the molecule is COc1ccc2cc([C@@H](C)C(=O)Oc3ccc(/C=C/c4cc(O)cc(O)c4)cc3)ccc2c1. The largest absolute Gasteiger partial charge is 0.508 e. The first-order chi connectivity index (χ1) is 15.9. The van der Waals surface area contributed by atoms with Crippen LogP contribution in [0.2, 0.25) is 0 Å². The number of methoxy groups -OCH3 is 1. The molecular formula is C28H24O5. The number of esters is 1. The zero-order valence-corrected chi connectivity index (χ0v) is 18.4. The Kier molecular flexibility index (Phi) is 6.31. The van der Waals surface area contributed by atoms with Crippen LogP contribution in [0, 0.1) is 0 Å². The van der Waals surface area contributed by atoms with E-state index in [1.165, 1.54) is 6.07 Å². The first-order valence-corrected chi connectivity index (χ1v) is 10.5. The van der Waals surface area contributed by atoms with Gasteiger partial charge in [-0.1, -0.05) is 48.6 Å². The number of phenolic OH excluding ortho intramolecular Hbond substituents is 2. The van der Waals surface area contributed by atoms with Crippen molar-refractivity contribution in [2.75, 3.05) is 7.11 Å². The van der Waals surface area contributed by atoms with Crippen LogP contribution in [0.5, 0.6) is 23.0 Å². The third kappa shape index (κ3) is 5.33. The van der Waals surface area contributed by atoms with E-state index in [0.29, 0.717) is 11.3 Å². The van der Waals surface area contributed by atoms with E-state index in [-0.39, 0.29) is 17.5 Å². The minimum Gasteiger partial charge on any atom is -0.508 e. The highest BCUT2D eigenvalue weighted by Gasteiger charge is 2.18. The topological polar surface area (TPSA) is 76.0 Å². The fourth-order valence-corrected chi connectivity index (χ4v) is 3.53. The first kappa shape index (κ1) is 22.0. The summed E-state index contributed by atoms with van der Waals surface area (Å²) >= 11 is 0. The van der Waals surface area contributed by atoms with Crippen LogP contribution in [0.1, 0.15) is 29.5 Å². The lowest BCUT2D eigenvalue weighted by molar-refractivity contribution is -0.135. The van der Waals surface area contributed by atoms with E-state index in [1.807, 2.05) is 61.5 Å². The molecule has 0 aliphatic carbocycles. The molecule has 0 radical (unpaired) electrons. The number of aromatic hydroxyl groups is 2. The summed E-state index contributed by atoms with van der Waals surface area (Å²) in [5.74, 6) is 0.496. The molecular weight excluding hydrogens is 416 g/mol. The van der Waals surface area contributed by atoms with Crippen molar-refractivity contribution in [1.29, 1.82) is 0 Å². The Labute approximate surface area is 192 Å². The Morgan fingerprint density at radius 1 is 0.758 bits per heavy atom. The molecule has 0 saturated carbocycles. The van der Waals surface area contributed by atoms with Crippen molar-refractivity contribution in [3.63, 3.8) is 0 Å². The number of benzene rings is 4. The zero-order valence-electron chi connectivity index (χ0n) is 18.4. The molecule has 0 aliphatic rings. The summed E-state index contributed by atoms with van der Waals surface area (Å²) in [5, 5.41) is 21.2. The molecule has 166 valence electrons. The Morgan fingerprint density at radius 3 is 2.06 bits per heavy atom. The van der Waals surface area contributed by atoms with Crippen molar-refractivity contribution in [2.24, 2.45) is 0 Å². The molecule has 0 spiro atoms. The van der Waals surface area contributed by atoms with Crippen LogP contribution in [-0.2, 0) is 4.79 Å². The van der Waals surface area contributed by atoms with Crippen molar-refractivity contribution in [2.45, 2.75) is 12.8 Å². The summed E-state index contributed by atoms with van der Waals surface area (Å²) in [6, 6.07) is 23.2. The molecule has 33 heavy (non-hydrogen) atoms. The number of hydrogen-bond donors (Lipinski definition) is 2. The van der Waals surface area contributed by atoms with Gasteiger partial charge in [-0.2, -0.15) is 0 Å². The minimum atomic E-state index is -0.422. The van der Waals surface area contributed by atoms with Crippen molar-refractivity contribution >= 4 is 28.9 Å². The van der Waals surface area contributed by atoms with Crippen molar-refractivity contribution in [1.82, 2.24) is 0 Å². The summed E-state index contributed by atoms with van der Waals surface area (Å²) in [7, 11) is 1.64. The molecule has 4 rings (SSSR count). The lowest BCUT2D eigenvalue weighted by atomic mass is 9.98. The van der Waals surface area contributed by atoms with Gasteiger partial charge in [-0.15, -0.1) is 0 Å². The number of carbonyl (C=O) groups excluding carboxylic acids is 1. The van der Waals surface area contributed by atoms with Gasteiger partial charge < -0.3 is 19.7 Å². The van der Waals surface area contributed by atoms with E-state index in [9.17, 15) is 15.0 Å². The zero-order chi connectivity index (χ0) is 23.4. The Balaban J connectivity index is 1.42. The fourth-order valence-electron chi connectivity index (χ4n) is 3.53. The van der Waals surface area contributed by atoms with E-state index in [1.54, 1.807) is 37.5 Å². The summed E-state index contributed by atoms with van der Waals surface area (Å²) < 4.78 is 10.8. The summed E-state index contributed by atoms with van der Waals surface area (Å²) in [6.45, 7) is 1.83. The predicted octanol–water partition coefficient (Wildman–Crippen LogP) is 6.14. The maximum atomic E-state index is 12.7. The molecule has 1 atom stereocenters. The van der Waals surface area contributed by atoms with Crippen molar-refractivity contribution in [3.8, 4) is 23.0 Å². The second-order valence-electron chi connectivity index (χ2n) is 7.80. The van der Waals surface area contributed by atoms with Gasteiger partial charge in [0.1, 0.15) is 23.0 Å². The summed E-state index contributed by atoms with van der Waals surface area (Å²) in [4.78, 5) is 12.7. The van der Waals surface area contributed by atoms with Crippen LogP contribution >= 0.6 is 0 Å². The first-order valence-electron chi connectivity index (χ1n) is 10.5. The average Bonchev–Trinajstić information content (AvgIpc) is 2.81. The van der Waals surface area contributed by atoms with E-state index in [4.69, 9.17) is 9.47 Å². The van der Waals surface area contributed by atoms with E-state index in [2.05, 4.69) is 0 Å². The third-order valence-corrected chi connectivity index (χ3v) is 5.42. The number of carbonyl (C=O) groups is 1. The second kappa shape index (κ2) is 9.49. The average molecular weight is 440 g/mol. The van der Waals surface area contributed by atoms with Gasteiger partial charge in [-0.3, -0.25) is 4.79 Å². The van der Waals surface area contributed by atoms with Gasteiger partial charge in [0.15, 0.2) is 0 Å². The number of fused-ring (bicyclic) bond motifs is 1. The van der Waals surface area contributed by atoms with Gasteiger partial charge in [0, 0.05) is 6.07 Å². The molecule has 5 heteroatoms. The molecule has 0 bridgehead atoms. The highest BCUT2D eigenvalue weighted by Crippen LogP contribution is 2.27. The number of ether oxygens (including phenoxy) is 2. The van der Waals surface area contributed by atoms with Crippen molar-refractivity contribution in [3.05, 3.63) is 95.6 Å². The molecule has 0 aliphatic heterocycles. The van der Waals surface area contributed by atoms with Gasteiger partial charge in [-0.05, 0) is 70.8 Å². The standard InChI is InChI=1S/C28H24O5/c1-18(21-7-8-23-16-27(32-2)12-9-22(23)15-21)28(31)33-26-10-5-19(6-11-26)3-4-20-13-24(29)17-25(30)14-20/h3-18,29-30H,1-2H3/b4-3+/t18-/m1/s1. The van der Waals surface area contributed by atoms with E-state index in [0.717, 1.165) is 27.6 Å². The molecule has 0 heterocycles. The second-order valence-corrected chi connectivity index (χ2v) is 7.80. The van der Waals surface area contributed by atoms with Crippen LogP contribution < -0.4 is 9.47 Å². The van der Waals surface area contributed by atoms with Crippen LogP contribution in [0.3, 0.4) is 0 Å². The van der Waals surface area contributed by atoms with Crippen LogP contribution in [0.15, 0.2) is 78.9 Å². The molecule has 0 unspecified atom stereocenters. The monoisotopic (exact) mass is 440 g/mol. The van der Waals surface area contributed by atoms with Crippen LogP contribution in [0.25, 0.3) is 22.9 Å². The Hall–Kier alpha value is -4.25. The van der Waals surface area contributed by atoms with Gasteiger partial charge in [0.2, 0.25) is 0 Å². The number of hydrogen-bond acceptors (Lipinski definition) is 5. The van der Waals surface area contributed by atoms with Gasteiger partial charge >= 0.3 is 5.97 Å². The smallest absolute Gasteiger partial charge is 0.318 e. The molecule has 4 aromatic carbocycles. The summed E-state index contributed by atoms with van der Waals surface area (Å²) in [5.41, 5.74) is 2.44. The summed E-state index contributed by atoms with van der Waals surface area (Å²) in [6.07, 6.45) is 3.62. The Morgan fingerprint density at radius 2 is 1.36 bits per heavy atom. The molecule has 2 N–H and O–H groups in total. The maximum absolute atomic E-state index is 12.7. The van der Waals surface area contributed by atoms with Gasteiger partial charge in [-0.25, -0.2) is 0 Å². The van der Waals surface area contributed by atoms with Gasteiger partial charge in [0.25, 0.3) is 0 Å². The lowest BCUT2D eigenvalue weighted by Gasteiger charge is -2.13. The molecule has 0 aromatic heterocycles.